The zero-order chi connectivity index (χ0) is 19.9. The molecule has 2 aromatic rings. The third kappa shape index (κ3) is 3.98. The van der Waals surface area contributed by atoms with E-state index in [1.54, 1.807) is 0 Å². The fourth-order valence-electron chi connectivity index (χ4n) is 4.35. The first-order valence-electron chi connectivity index (χ1n) is 9.74. The summed E-state index contributed by atoms with van der Waals surface area (Å²) in [4.78, 5) is 14.8. The van der Waals surface area contributed by atoms with Crippen molar-refractivity contribution < 1.29 is 13.2 Å². The summed E-state index contributed by atoms with van der Waals surface area (Å²) in [5.41, 5.74) is 4.89. The molecule has 0 spiro atoms. The van der Waals surface area contributed by atoms with Crippen molar-refractivity contribution in [3.8, 4) is 11.1 Å². The van der Waals surface area contributed by atoms with E-state index in [1.165, 1.54) is 22.3 Å². The molecule has 6 heteroatoms. The van der Waals surface area contributed by atoms with Gasteiger partial charge in [-0.3, -0.25) is 4.79 Å². The largest absolute Gasteiger partial charge is 0.341 e. The first-order chi connectivity index (χ1) is 13.3. The number of amides is 1. The highest BCUT2D eigenvalue weighted by atomic mass is 32.2. The van der Waals surface area contributed by atoms with E-state index in [4.69, 9.17) is 0 Å². The average molecular weight is 399 g/mol. The number of carbonyl (C=O) groups is 1. The van der Waals surface area contributed by atoms with Crippen LogP contribution in [0.15, 0.2) is 48.5 Å². The summed E-state index contributed by atoms with van der Waals surface area (Å²) in [6.45, 7) is 3.20. The monoisotopic (exact) mass is 398 g/mol. The molecule has 2 aliphatic rings. The van der Waals surface area contributed by atoms with Gasteiger partial charge in [0.2, 0.25) is 15.9 Å². The second kappa shape index (κ2) is 7.33. The summed E-state index contributed by atoms with van der Waals surface area (Å²) in [5, 5.41) is 0. The Hall–Kier alpha value is -2.18. The van der Waals surface area contributed by atoms with E-state index in [-0.39, 0.29) is 23.8 Å². The number of rotatable bonds is 5. The van der Waals surface area contributed by atoms with Crippen LogP contribution in [-0.4, -0.2) is 44.6 Å². The number of hydrogen-bond donors (Lipinski definition) is 1. The minimum absolute atomic E-state index is 0.00199. The maximum absolute atomic E-state index is 13.0. The minimum atomic E-state index is -3.24. The molecule has 1 N–H and O–H groups in total. The van der Waals surface area contributed by atoms with Crippen LogP contribution in [0.25, 0.3) is 11.1 Å². The number of nitrogens with zero attached hydrogens (tertiary/aromatic N) is 1. The van der Waals surface area contributed by atoms with E-state index in [0.717, 1.165) is 12.7 Å². The Bertz CT molecular complexity index is 1000. The van der Waals surface area contributed by atoms with Gasteiger partial charge < -0.3 is 4.90 Å². The highest BCUT2D eigenvalue weighted by Gasteiger charge is 2.47. The summed E-state index contributed by atoms with van der Waals surface area (Å²) in [5.74, 6) is 0.398. The molecule has 0 bridgehead atoms. The third-order valence-corrected chi connectivity index (χ3v) is 6.55. The minimum Gasteiger partial charge on any atom is -0.341 e. The topological polar surface area (TPSA) is 66.5 Å². The van der Waals surface area contributed by atoms with E-state index in [2.05, 4.69) is 35.9 Å². The molecule has 28 heavy (non-hydrogen) atoms. The van der Waals surface area contributed by atoms with Crippen LogP contribution in [0.4, 0.5) is 0 Å². The first kappa shape index (κ1) is 19.2. The van der Waals surface area contributed by atoms with Gasteiger partial charge in [-0.2, -0.15) is 0 Å². The average Bonchev–Trinajstić information content (AvgIpc) is 3.32. The molecule has 0 radical (unpaired) electrons. The summed E-state index contributed by atoms with van der Waals surface area (Å²) in [6, 6.07) is 16.5. The summed E-state index contributed by atoms with van der Waals surface area (Å²) in [6.07, 6.45) is 2.70. The van der Waals surface area contributed by atoms with Crippen LogP contribution in [0.5, 0.6) is 0 Å². The number of sulfonamides is 1. The molecule has 1 heterocycles. The van der Waals surface area contributed by atoms with Crippen molar-refractivity contribution in [3.63, 3.8) is 0 Å². The van der Waals surface area contributed by atoms with Crippen LogP contribution in [0.1, 0.15) is 29.9 Å². The molecule has 2 fully saturated rings. The number of benzene rings is 2. The van der Waals surface area contributed by atoms with Crippen LogP contribution in [0, 0.1) is 12.8 Å². The number of nitrogens with one attached hydrogen (secondary N) is 1. The van der Waals surface area contributed by atoms with Crippen molar-refractivity contribution in [2.75, 3.05) is 19.3 Å². The molecule has 3 atom stereocenters. The maximum atomic E-state index is 13.0. The number of likely N-dealkylation sites (tertiary alicyclic amines) is 1. The highest BCUT2D eigenvalue weighted by molar-refractivity contribution is 7.88. The summed E-state index contributed by atoms with van der Waals surface area (Å²) in [7, 11) is -3.24. The van der Waals surface area contributed by atoms with E-state index in [0.29, 0.717) is 19.5 Å². The van der Waals surface area contributed by atoms with E-state index < -0.39 is 10.0 Å². The van der Waals surface area contributed by atoms with Gasteiger partial charge in [-0.15, -0.1) is 0 Å². The Balaban J connectivity index is 1.48. The predicted octanol–water partition coefficient (Wildman–Crippen LogP) is 2.92. The standard InChI is InChI=1S/C22H26N2O3S/c1-15-7-3-4-8-17(15)18-9-5-6-10-19(18)20-13-21(20)22(25)24-12-11-16(14-24)23-28(2,26)27/h3-10,16,20-21,23H,11-14H2,1-2H3/t16-,20+,21-/m1/s1. The lowest BCUT2D eigenvalue weighted by Gasteiger charge is -2.17. The molecule has 2 aromatic carbocycles. The molecular formula is C22H26N2O3S. The van der Waals surface area contributed by atoms with Gasteiger partial charge in [-0.25, -0.2) is 13.1 Å². The molecule has 1 saturated carbocycles. The van der Waals surface area contributed by atoms with Crippen LogP contribution in [-0.2, 0) is 14.8 Å². The summed E-state index contributed by atoms with van der Waals surface area (Å²) < 4.78 is 25.5. The molecule has 1 saturated heterocycles. The Morgan fingerprint density at radius 1 is 1.07 bits per heavy atom. The molecule has 0 unspecified atom stereocenters. The number of hydrogen-bond acceptors (Lipinski definition) is 3. The van der Waals surface area contributed by atoms with Crippen molar-refractivity contribution in [2.45, 2.75) is 31.7 Å². The predicted molar refractivity (Wildman–Crippen MR) is 110 cm³/mol. The zero-order valence-corrected chi connectivity index (χ0v) is 17.1. The van der Waals surface area contributed by atoms with Crippen molar-refractivity contribution >= 4 is 15.9 Å². The zero-order valence-electron chi connectivity index (χ0n) is 16.3. The van der Waals surface area contributed by atoms with Crippen molar-refractivity contribution in [1.29, 1.82) is 0 Å². The van der Waals surface area contributed by atoms with Gasteiger partial charge in [0.1, 0.15) is 0 Å². The smallest absolute Gasteiger partial charge is 0.226 e. The molecule has 148 valence electrons. The second-order valence-electron chi connectivity index (χ2n) is 8.01. The first-order valence-corrected chi connectivity index (χ1v) is 11.6. The van der Waals surface area contributed by atoms with Crippen LogP contribution in [0.3, 0.4) is 0 Å². The van der Waals surface area contributed by atoms with Gasteiger partial charge in [0, 0.05) is 25.0 Å². The summed E-state index contributed by atoms with van der Waals surface area (Å²) >= 11 is 0. The van der Waals surface area contributed by atoms with E-state index >= 15 is 0 Å². The van der Waals surface area contributed by atoms with Crippen molar-refractivity contribution in [2.24, 2.45) is 5.92 Å². The molecule has 1 aliphatic heterocycles. The van der Waals surface area contributed by atoms with Crippen molar-refractivity contribution in [1.82, 2.24) is 9.62 Å². The molecule has 0 aromatic heterocycles. The quantitative estimate of drug-likeness (QED) is 0.842. The lowest BCUT2D eigenvalue weighted by molar-refractivity contribution is -0.131. The normalized spacial score (nSPS) is 24.4. The SMILES string of the molecule is Cc1ccccc1-c1ccccc1[C@@H]1C[C@H]1C(=O)N1CC[C@@H](NS(C)(=O)=O)C1. The van der Waals surface area contributed by atoms with E-state index in [9.17, 15) is 13.2 Å². The van der Waals surface area contributed by atoms with Gasteiger partial charge >= 0.3 is 0 Å². The van der Waals surface area contributed by atoms with Gasteiger partial charge in [0.05, 0.1) is 6.26 Å². The molecule has 1 aliphatic carbocycles. The van der Waals surface area contributed by atoms with Crippen LogP contribution >= 0.6 is 0 Å². The van der Waals surface area contributed by atoms with Crippen molar-refractivity contribution in [3.05, 3.63) is 59.7 Å². The van der Waals surface area contributed by atoms with E-state index in [1.807, 2.05) is 29.2 Å². The molecule has 5 nitrogen and oxygen atoms in total. The Morgan fingerprint density at radius 2 is 1.75 bits per heavy atom. The Morgan fingerprint density at radius 3 is 2.46 bits per heavy atom. The maximum Gasteiger partial charge on any atom is 0.226 e. The Kier molecular flexibility index (Phi) is 5.02. The molecule has 1 amide bonds. The van der Waals surface area contributed by atoms with Crippen LogP contribution in [0.2, 0.25) is 0 Å². The Labute approximate surface area is 166 Å². The number of carbonyl (C=O) groups excluding carboxylic acids is 1. The molecular weight excluding hydrogens is 372 g/mol. The second-order valence-corrected chi connectivity index (χ2v) is 9.79. The van der Waals surface area contributed by atoms with Gasteiger partial charge in [0.25, 0.3) is 0 Å². The third-order valence-electron chi connectivity index (χ3n) is 5.78. The lowest BCUT2D eigenvalue weighted by Crippen LogP contribution is -2.38. The van der Waals surface area contributed by atoms with Gasteiger partial charge in [0.15, 0.2) is 0 Å². The fourth-order valence-corrected chi connectivity index (χ4v) is 5.14. The van der Waals surface area contributed by atoms with Gasteiger partial charge in [-0.05, 0) is 47.9 Å². The van der Waals surface area contributed by atoms with Crippen LogP contribution < -0.4 is 4.72 Å². The molecule has 4 rings (SSSR count). The van der Waals surface area contributed by atoms with Gasteiger partial charge in [-0.1, -0.05) is 48.5 Å². The highest BCUT2D eigenvalue weighted by Crippen LogP contribution is 2.51. The lowest BCUT2D eigenvalue weighted by atomic mass is 9.93. The fraction of sp³-hybridized carbons (Fsp3) is 0.409. The number of aryl methyl sites for hydroxylation is 1.